The molecule has 0 aliphatic heterocycles. The van der Waals surface area contributed by atoms with E-state index in [2.05, 4.69) is 15.4 Å². The van der Waals surface area contributed by atoms with E-state index in [1.807, 2.05) is 56.6 Å². The largest absolute Gasteiger partial charge is 0.346 e. The second-order valence-electron chi connectivity index (χ2n) is 5.36. The molecule has 6 heteroatoms. The van der Waals surface area contributed by atoms with Crippen LogP contribution >= 0.6 is 11.3 Å². The van der Waals surface area contributed by atoms with Crippen molar-refractivity contribution >= 4 is 17.2 Å². The van der Waals surface area contributed by atoms with Crippen LogP contribution in [-0.4, -0.2) is 20.7 Å². The number of hydrogen-bond donors (Lipinski definition) is 1. The van der Waals surface area contributed by atoms with Crippen LogP contribution in [0.3, 0.4) is 0 Å². The van der Waals surface area contributed by atoms with Crippen LogP contribution in [0.5, 0.6) is 0 Å². The molecule has 118 valence electrons. The lowest BCUT2D eigenvalue weighted by molar-refractivity contribution is 0.0949. The van der Waals surface area contributed by atoms with Gasteiger partial charge in [-0.3, -0.25) is 9.48 Å². The van der Waals surface area contributed by atoms with Crippen molar-refractivity contribution in [3.05, 3.63) is 58.4 Å². The van der Waals surface area contributed by atoms with Crippen LogP contribution in [0, 0.1) is 13.8 Å². The van der Waals surface area contributed by atoms with E-state index < -0.39 is 0 Å². The summed E-state index contributed by atoms with van der Waals surface area (Å²) in [6.07, 6.45) is 0. The van der Waals surface area contributed by atoms with E-state index in [-0.39, 0.29) is 5.91 Å². The molecule has 0 aliphatic rings. The molecule has 0 saturated carbocycles. The lowest BCUT2D eigenvalue weighted by Gasteiger charge is -2.04. The van der Waals surface area contributed by atoms with Gasteiger partial charge in [0.1, 0.15) is 5.01 Å². The van der Waals surface area contributed by atoms with Gasteiger partial charge in [0.25, 0.3) is 5.91 Å². The summed E-state index contributed by atoms with van der Waals surface area (Å²) in [6.45, 7) is 4.15. The highest BCUT2D eigenvalue weighted by molar-refractivity contribution is 7.13. The molecule has 0 unspecified atom stereocenters. The number of thiazole rings is 1. The lowest BCUT2D eigenvalue weighted by atomic mass is 10.2. The summed E-state index contributed by atoms with van der Waals surface area (Å²) in [4.78, 5) is 16.9. The zero-order valence-corrected chi connectivity index (χ0v) is 14.1. The normalized spacial score (nSPS) is 10.7. The summed E-state index contributed by atoms with van der Waals surface area (Å²) in [5.41, 5.74) is 4.20. The van der Waals surface area contributed by atoms with E-state index in [4.69, 9.17) is 0 Å². The van der Waals surface area contributed by atoms with Crippen LogP contribution in [0.4, 0.5) is 0 Å². The third-order valence-corrected chi connectivity index (χ3v) is 4.68. The minimum Gasteiger partial charge on any atom is -0.346 e. The zero-order valence-electron chi connectivity index (χ0n) is 13.3. The first-order valence-corrected chi connectivity index (χ1v) is 8.22. The van der Waals surface area contributed by atoms with E-state index >= 15 is 0 Å². The van der Waals surface area contributed by atoms with Crippen LogP contribution in [0.25, 0.3) is 10.6 Å². The van der Waals surface area contributed by atoms with Crippen molar-refractivity contribution < 1.29 is 4.79 Å². The van der Waals surface area contributed by atoms with Crippen molar-refractivity contribution in [2.24, 2.45) is 7.05 Å². The Balaban J connectivity index is 1.69. The van der Waals surface area contributed by atoms with Crippen LogP contribution in [0.15, 0.2) is 35.7 Å². The van der Waals surface area contributed by atoms with Crippen molar-refractivity contribution in [3.8, 4) is 10.6 Å². The average Bonchev–Trinajstić information content (AvgIpc) is 3.11. The molecule has 3 rings (SSSR count). The van der Waals surface area contributed by atoms with Gasteiger partial charge in [0.15, 0.2) is 0 Å². The maximum absolute atomic E-state index is 12.4. The highest BCUT2D eigenvalue weighted by Crippen LogP contribution is 2.23. The number of nitrogens with zero attached hydrogens (tertiary/aromatic N) is 3. The van der Waals surface area contributed by atoms with E-state index in [0.717, 1.165) is 27.7 Å². The maximum Gasteiger partial charge on any atom is 0.255 e. The Kier molecular flexibility index (Phi) is 4.25. The lowest BCUT2D eigenvalue weighted by Crippen LogP contribution is -2.24. The first-order chi connectivity index (χ1) is 11.1. The Morgan fingerprint density at radius 2 is 2.00 bits per heavy atom. The molecule has 3 aromatic rings. The molecule has 1 N–H and O–H groups in total. The van der Waals surface area contributed by atoms with Gasteiger partial charge in [0, 0.05) is 23.7 Å². The number of carbonyl (C=O) groups is 1. The molecule has 1 aromatic carbocycles. The van der Waals surface area contributed by atoms with E-state index in [1.165, 1.54) is 0 Å². The fourth-order valence-corrected chi connectivity index (χ4v) is 3.29. The van der Waals surface area contributed by atoms with Crippen LogP contribution < -0.4 is 5.32 Å². The Hall–Kier alpha value is -2.47. The van der Waals surface area contributed by atoms with E-state index in [9.17, 15) is 4.79 Å². The Bertz CT molecular complexity index is 836. The van der Waals surface area contributed by atoms with Crippen molar-refractivity contribution in [1.29, 1.82) is 0 Å². The first kappa shape index (κ1) is 15.4. The van der Waals surface area contributed by atoms with Crippen molar-refractivity contribution in [2.45, 2.75) is 20.4 Å². The van der Waals surface area contributed by atoms with Gasteiger partial charge in [-0.25, -0.2) is 4.98 Å². The highest BCUT2D eigenvalue weighted by atomic mass is 32.1. The summed E-state index contributed by atoms with van der Waals surface area (Å²) in [6, 6.07) is 10.0. The van der Waals surface area contributed by atoms with E-state index in [1.54, 1.807) is 16.0 Å². The second-order valence-corrected chi connectivity index (χ2v) is 6.22. The number of nitrogens with one attached hydrogen (secondary N) is 1. The fourth-order valence-electron chi connectivity index (χ4n) is 2.46. The molecular weight excluding hydrogens is 308 g/mol. The smallest absolute Gasteiger partial charge is 0.255 e. The Labute approximate surface area is 139 Å². The third kappa shape index (κ3) is 3.17. The molecule has 0 radical (unpaired) electrons. The van der Waals surface area contributed by atoms with Crippen LogP contribution in [0.2, 0.25) is 0 Å². The zero-order chi connectivity index (χ0) is 16.4. The molecule has 2 aromatic heterocycles. The monoisotopic (exact) mass is 326 g/mol. The summed E-state index contributed by atoms with van der Waals surface area (Å²) in [5, 5.41) is 10.1. The van der Waals surface area contributed by atoms with Gasteiger partial charge < -0.3 is 5.32 Å². The second kappa shape index (κ2) is 6.34. The van der Waals surface area contributed by atoms with Crippen LogP contribution in [0.1, 0.15) is 27.4 Å². The molecule has 0 fully saturated rings. The number of carbonyl (C=O) groups excluding carboxylic acids is 1. The summed E-state index contributed by atoms with van der Waals surface area (Å²) >= 11 is 1.58. The first-order valence-electron chi connectivity index (χ1n) is 7.34. The van der Waals surface area contributed by atoms with Gasteiger partial charge in [-0.1, -0.05) is 30.3 Å². The number of aromatic nitrogens is 3. The average molecular weight is 326 g/mol. The van der Waals surface area contributed by atoms with Gasteiger partial charge in [0.2, 0.25) is 0 Å². The minimum atomic E-state index is -0.109. The Morgan fingerprint density at radius 1 is 1.26 bits per heavy atom. The number of aryl methyl sites for hydroxylation is 2. The molecule has 23 heavy (non-hydrogen) atoms. The molecule has 0 atom stereocenters. The Morgan fingerprint density at radius 3 is 2.65 bits per heavy atom. The number of rotatable bonds is 4. The molecule has 5 nitrogen and oxygen atoms in total. The highest BCUT2D eigenvalue weighted by Gasteiger charge is 2.17. The predicted octanol–water partition coefficient (Wildman–Crippen LogP) is 3.09. The van der Waals surface area contributed by atoms with Gasteiger partial charge in [-0.15, -0.1) is 11.3 Å². The van der Waals surface area contributed by atoms with E-state index in [0.29, 0.717) is 12.1 Å². The molecule has 0 aliphatic carbocycles. The van der Waals surface area contributed by atoms with Crippen LogP contribution in [-0.2, 0) is 13.6 Å². The molecule has 0 bridgehead atoms. The van der Waals surface area contributed by atoms with Crippen molar-refractivity contribution in [3.63, 3.8) is 0 Å². The molecule has 2 heterocycles. The van der Waals surface area contributed by atoms with Gasteiger partial charge in [0.05, 0.1) is 23.5 Å². The summed E-state index contributed by atoms with van der Waals surface area (Å²) < 4.78 is 1.72. The summed E-state index contributed by atoms with van der Waals surface area (Å²) in [7, 11) is 1.84. The molecule has 1 amide bonds. The quantitative estimate of drug-likeness (QED) is 0.801. The molecule has 0 spiro atoms. The minimum absolute atomic E-state index is 0.109. The maximum atomic E-state index is 12.4. The van der Waals surface area contributed by atoms with Gasteiger partial charge in [-0.2, -0.15) is 5.10 Å². The standard InChI is InChI=1S/C17H18N4OS/c1-11-15(12(2)21(3)20-11)16(22)18-9-14-10-23-17(19-14)13-7-5-4-6-8-13/h4-8,10H,9H2,1-3H3,(H,18,22). The topological polar surface area (TPSA) is 59.8 Å². The van der Waals surface area contributed by atoms with Gasteiger partial charge >= 0.3 is 0 Å². The van der Waals surface area contributed by atoms with Crippen molar-refractivity contribution in [2.75, 3.05) is 0 Å². The SMILES string of the molecule is Cc1nn(C)c(C)c1C(=O)NCc1csc(-c2ccccc2)n1. The summed E-state index contributed by atoms with van der Waals surface area (Å²) in [5.74, 6) is -0.109. The number of benzene rings is 1. The third-order valence-electron chi connectivity index (χ3n) is 3.74. The predicted molar refractivity (Wildman–Crippen MR) is 91.4 cm³/mol. The number of amides is 1. The fraction of sp³-hybridized carbons (Fsp3) is 0.235. The molecular formula is C17H18N4OS. The van der Waals surface area contributed by atoms with Crippen molar-refractivity contribution in [1.82, 2.24) is 20.1 Å². The molecule has 0 saturated heterocycles. The van der Waals surface area contributed by atoms with Gasteiger partial charge in [-0.05, 0) is 13.8 Å². The number of hydrogen-bond acceptors (Lipinski definition) is 4.